The lowest BCUT2D eigenvalue weighted by atomic mass is 10.2. The number of hydrogen-bond donors (Lipinski definition) is 1. The van der Waals surface area contributed by atoms with Crippen LogP contribution in [0.5, 0.6) is 17.2 Å². The summed E-state index contributed by atoms with van der Waals surface area (Å²) in [5.41, 5.74) is 0.423. The zero-order chi connectivity index (χ0) is 24.4. The highest BCUT2D eigenvalue weighted by molar-refractivity contribution is 7.89. The number of nitrogens with zero attached hydrogens (tertiary/aromatic N) is 1. The smallest absolute Gasteiger partial charge is 0.246 e. The third-order valence-electron chi connectivity index (χ3n) is 5.41. The summed E-state index contributed by atoms with van der Waals surface area (Å²) in [5.74, 6) is 1.40. The monoisotopic (exact) mass is 490 g/mol. The van der Waals surface area contributed by atoms with Crippen molar-refractivity contribution in [3.8, 4) is 17.2 Å². The van der Waals surface area contributed by atoms with Crippen molar-refractivity contribution in [2.24, 2.45) is 0 Å². The Morgan fingerprint density at radius 1 is 0.912 bits per heavy atom. The Kier molecular flexibility index (Phi) is 9.59. The van der Waals surface area contributed by atoms with Gasteiger partial charge >= 0.3 is 0 Å². The predicted octanol–water partition coefficient (Wildman–Crippen LogP) is 4.46. The van der Waals surface area contributed by atoms with Gasteiger partial charge in [-0.25, -0.2) is 8.42 Å². The molecule has 0 saturated carbocycles. The van der Waals surface area contributed by atoms with E-state index in [1.54, 1.807) is 12.1 Å². The Labute approximate surface area is 202 Å². The maximum absolute atomic E-state index is 13.2. The van der Waals surface area contributed by atoms with Crippen LogP contribution < -0.4 is 19.5 Å². The standard InChI is InChI=1S/C25H34N2O6S/c1-3-31-21-11-6-7-12-22(21)33-18-10-13-25(28)26-20-14-15-23(32-4-2)24(19-20)34(29,30)27-16-8-5-9-17-27/h6-7,11-12,14-15,19H,3-5,8-10,13,16-18H2,1-2H3,(H,26,28). The van der Waals surface area contributed by atoms with Gasteiger partial charge in [0.25, 0.3) is 0 Å². The van der Waals surface area contributed by atoms with Crippen molar-refractivity contribution in [3.63, 3.8) is 0 Å². The highest BCUT2D eigenvalue weighted by Crippen LogP contribution is 2.31. The summed E-state index contributed by atoms with van der Waals surface area (Å²) in [6, 6.07) is 12.2. The minimum atomic E-state index is -3.71. The summed E-state index contributed by atoms with van der Waals surface area (Å²) in [5, 5.41) is 2.80. The van der Waals surface area contributed by atoms with Crippen molar-refractivity contribution in [2.45, 2.75) is 50.8 Å². The molecule has 34 heavy (non-hydrogen) atoms. The largest absolute Gasteiger partial charge is 0.492 e. The van der Waals surface area contributed by atoms with Crippen LogP contribution >= 0.6 is 0 Å². The summed E-state index contributed by atoms with van der Waals surface area (Å²) in [6.45, 7) is 5.96. The molecule has 9 heteroatoms. The molecule has 1 N–H and O–H groups in total. The van der Waals surface area contributed by atoms with E-state index in [1.807, 2.05) is 38.1 Å². The van der Waals surface area contributed by atoms with Crippen LogP contribution in [0.15, 0.2) is 47.4 Å². The topological polar surface area (TPSA) is 94.2 Å². The van der Waals surface area contributed by atoms with Crippen LogP contribution in [0.1, 0.15) is 46.0 Å². The predicted molar refractivity (Wildman–Crippen MR) is 131 cm³/mol. The van der Waals surface area contributed by atoms with E-state index in [2.05, 4.69) is 5.32 Å². The van der Waals surface area contributed by atoms with Gasteiger partial charge in [0, 0.05) is 25.2 Å². The molecule has 1 heterocycles. The van der Waals surface area contributed by atoms with E-state index in [4.69, 9.17) is 14.2 Å². The van der Waals surface area contributed by atoms with Gasteiger partial charge in [0.15, 0.2) is 11.5 Å². The Bertz CT molecular complexity index is 1050. The van der Waals surface area contributed by atoms with E-state index in [0.717, 1.165) is 19.3 Å². The number of hydrogen-bond acceptors (Lipinski definition) is 6. The first-order chi connectivity index (χ1) is 16.5. The molecule has 1 amide bonds. The zero-order valence-electron chi connectivity index (χ0n) is 19.9. The number of carbonyl (C=O) groups excluding carboxylic acids is 1. The van der Waals surface area contributed by atoms with Crippen molar-refractivity contribution in [1.82, 2.24) is 4.31 Å². The first-order valence-corrected chi connectivity index (χ1v) is 13.3. The third kappa shape index (κ3) is 6.87. The van der Waals surface area contributed by atoms with Crippen LogP contribution in [0, 0.1) is 0 Å². The van der Waals surface area contributed by atoms with Crippen LogP contribution in [-0.2, 0) is 14.8 Å². The number of rotatable bonds is 12. The second-order valence-electron chi connectivity index (χ2n) is 7.94. The van der Waals surface area contributed by atoms with Crippen LogP contribution in [-0.4, -0.2) is 51.5 Å². The summed E-state index contributed by atoms with van der Waals surface area (Å²) in [4.78, 5) is 12.6. The number of carbonyl (C=O) groups is 1. The molecule has 0 radical (unpaired) electrons. The van der Waals surface area contributed by atoms with E-state index < -0.39 is 10.0 Å². The molecule has 0 aromatic heterocycles. The van der Waals surface area contributed by atoms with Gasteiger partial charge in [-0.15, -0.1) is 0 Å². The summed E-state index contributed by atoms with van der Waals surface area (Å²) in [7, 11) is -3.71. The van der Waals surface area contributed by atoms with Crippen LogP contribution in [0.2, 0.25) is 0 Å². The molecule has 2 aromatic carbocycles. The normalized spacial score (nSPS) is 14.4. The summed E-state index contributed by atoms with van der Waals surface area (Å²) in [6.07, 6.45) is 3.45. The lowest BCUT2D eigenvalue weighted by Crippen LogP contribution is -2.35. The van der Waals surface area contributed by atoms with Crippen LogP contribution in [0.4, 0.5) is 5.69 Å². The van der Waals surface area contributed by atoms with E-state index >= 15 is 0 Å². The number of para-hydroxylation sites is 2. The molecule has 0 unspecified atom stereocenters. The molecule has 0 spiro atoms. The van der Waals surface area contributed by atoms with Crippen molar-refractivity contribution in [3.05, 3.63) is 42.5 Å². The molecule has 1 saturated heterocycles. The lowest BCUT2D eigenvalue weighted by molar-refractivity contribution is -0.116. The number of ether oxygens (including phenoxy) is 3. The van der Waals surface area contributed by atoms with E-state index in [0.29, 0.717) is 62.3 Å². The number of anilines is 1. The van der Waals surface area contributed by atoms with E-state index in [9.17, 15) is 13.2 Å². The maximum Gasteiger partial charge on any atom is 0.246 e. The molecule has 1 aliphatic rings. The van der Waals surface area contributed by atoms with E-state index in [-0.39, 0.29) is 17.2 Å². The third-order valence-corrected chi connectivity index (χ3v) is 7.33. The highest BCUT2D eigenvalue weighted by atomic mass is 32.2. The molecule has 0 atom stereocenters. The van der Waals surface area contributed by atoms with Gasteiger partial charge in [-0.2, -0.15) is 4.31 Å². The average molecular weight is 491 g/mol. The van der Waals surface area contributed by atoms with Crippen molar-refractivity contribution >= 4 is 21.6 Å². The molecule has 1 fully saturated rings. The lowest BCUT2D eigenvalue weighted by Gasteiger charge is -2.27. The van der Waals surface area contributed by atoms with Gasteiger partial charge in [0.2, 0.25) is 15.9 Å². The molecule has 2 aromatic rings. The Hall–Kier alpha value is -2.78. The molecule has 1 aliphatic heterocycles. The Morgan fingerprint density at radius 3 is 2.24 bits per heavy atom. The molecular formula is C25H34N2O6S. The van der Waals surface area contributed by atoms with Crippen molar-refractivity contribution < 1.29 is 27.4 Å². The number of amides is 1. The maximum atomic E-state index is 13.2. The van der Waals surface area contributed by atoms with Crippen molar-refractivity contribution in [1.29, 1.82) is 0 Å². The minimum Gasteiger partial charge on any atom is -0.492 e. The molecule has 0 aliphatic carbocycles. The number of nitrogens with one attached hydrogen (secondary N) is 1. The first kappa shape index (κ1) is 25.8. The molecule has 3 rings (SSSR count). The van der Waals surface area contributed by atoms with Gasteiger partial charge in [-0.1, -0.05) is 18.6 Å². The molecule has 186 valence electrons. The molecular weight excluding hydrogens is 456 g/mol. The zero-order valence-corrected chi connectivity index (χ0v) is 20.7. The quantitative estimate of drug-likeness (QED) is 0.442. The fourth-order valence-electron chi connectivity index (χ4n) is 3.79. The fraction of sp³-hybridized carbons (Fsp3) is 0.480. The van der Waals surface area contributed by atoms with Gasteiger partial charge in [-0.05, 0) is 63.4 Å². The summed E-state index contributed by atoms with van der Waals surface area (Å²) >= 11 is 0. The number of piperidine rings is 1. The second-order valence-corrected chi connectivity index (χ2v) is 9.85. The van der Waals surface area contributed by atoms with Gasteiger partial charge in [0.05, 0.1) is 19.8 Å². The Balaban J connectivity index is 1.60. The Morgan fingerprint density at radius 2 is 1.56 bits per heavy atom. The fourth-order valence-corrected chi connectivity index (χ4v) is 5.46. The van der Waals surface area contributed by atoms with E-state index in [1.165, 1.54) is 10.4 Å². The molecule has 8 nitrogen and oxygen atoms in total. The first-order valence-electron chi connectivity index (χ1n) is 11.9. The number of sulfonamides is 1. The summed E-state index contributed by atoms with van der Waals surface area (Å²) < 4.78 is 44.9. The average Bonchev–Trinajstić information content (AvgIpc) is 2.84. The van der Waals surface area contributed by atoms with Gasteiger partial charge in [-0.3, -0.25) is 4.79 Å². The van der Waals surface area contributed by atoms with Gasteiger partial charge < -0.3 is 19.5 Å². The SMILES string of the molecule is CCOc1ccccc1OCCCC(=O)Nc1ccc(OCC)c(S(=O)(=O)N2CCCCC2)c1. The minimum absolute atomic E-state index is 0.0879. The second kappa shape index (κ2) is 12.6. The van der Waals surface area contributed by atoms with Crippen molar-refractivity contribution in [2.75, 3.05) is 38.2 Å². The van der Waals surface area contributed by atoms with Crippen LogP contribution in [0.25, 0.3) is 0 Å². The van der Waals surface area contributed by atoms with Gasteiger partial charge in [0.1, 0.15) is 10.6 Å². The van der Waals surface area contributed by atoms with Crippen LogP contribution in [0.3, 0.4) is 0 Å². The number of benzene rings is 2. The highest BCUT2D eigenvalue weighted by Gasteiger charge is 2.29. The molecule has 0 bridgehead atoms.